The number of benzene rings is 1. The number of aliphatic carboxylic acids is 1. The average molecular weight is 601 g/mol. The van der Waals surface area contributed by atoms with Gasteiger partial charge in [-0.1, -0.05) is 22.0 Å². The molecule has 1 fully saturated rings. The van der Waals surface area contributed by atoms with Gasteiger partial charge in [0.05, 0.1) is 23.7 Å². The number of carboxylic acid groups (broad SMARTS) is 1. The molecule has 2 aromatic rings. The van der Waals surface area contributed by atoms with Gasteiger partial charge in [0.25, 0.3) is 0 Å². The smallest absolute Gasteiger partial charge is 0.338 e. The number of halogens is 2. The van der Waals surface area contributed by atoms with Crippen molar-refractivity contribution in [1.29, 1.82) is 0 Å². The Labute approximate surface area is 218 Å². The number of sulfone groups is 1. The Hall–Kier alpha value is -2.68. The molecule has 1 saturated heterocycles. The summed E-state index contributed by atoms with van der Waals surface area (Å²) in [7, 11) is -3.52. The van der Waals surface area contributed by atoms with E-state index in [1.54, 1.807) is 18.5 Å². The first-order valence-electron chi connectivity index (χ1n) is 10.9. The Morgan fingerprint density at radius 1 is 1.39 bits per heavy atom. The zero-order valence-electron chi connectivity index (χ0n) is 19.0. The minimum Gasteiger partial charge on any atom is -0.480 e. The van der Waals surface area contributed by atoms with Gasteiger partial charge in [-0.25, -0.2) is 22.6 Å². The molecule has 0 radical (unpaired) electrons. The van der Waals surface area contributed by atoms with Crippen LogP contribution in [0.15, 0.2) is 50.5 Å². The predicted octanol–water partition coefficient (Wildman–Crippen LogP) is 2.14. The second-order valence-electron chi connectivity index (χ2n) is 8.06. The maximum absolute atomic E-state index is 13.9. The minimum absolute atomic E-state index is 0.0325. The van der Waals surface area contributed by atoms with Crippen LogP contribution in [0.3, 0.4) is 0 Å². The van der Waals surface area contributed by atoms with Crippen molar-refractivity contribution in [3.63, 3.8) is 0 Å². The average Bonchev–Trinajstić information content (AvgIpc) is 3.35. The molecule has 2 aliphatic rings. The van der Waals surface area contributed by atoms with Gasteiger partial charge in [-0.05, 0) is 24.6 Å². The molecule has 14 heteroatoms. The Morgan fingerprint density at radius 3 is 2.81 bits per heavy atom. The number of amidine groups is 1. The summed E-state index contributed by atoms with van der Waals surface area (Å²) in [6.45, 7) is 1.61. The standard InChI is InChI=1S/C22H22BrFN4O6S2/c1-2-34-22(31)17-15(10-28-6-8-36(32,33)11-16(28)21(29)30)26-19(20-25-5-7-35-20)27-18(17)13-4-3-12(24)9-14(13)23/h3-5,7,9,16,18H,2,6,8,10-11H2,1H3,(H,26,27)(H,29,30)/t16-,18-/m0/s1. The van der Waals surface area contributed by atoms with Crippen LogP contribution in [0.5, 0.6) is 0 Å². The summed E-state index contributed by atoms with van der Waals surface area (Å²) in [4.78, 5) is 35.6. The number of hydrogen-bond donors (Lipinski definition) is 2. The van der Waals surface area contributed by atoms with Crippen molar-refractivity contribution < 1.29 is 32.2 Å². The molecule has 0 unspecified atom stereocenters. The van der Waals surface area contributed by atoms with Crippen molar-refractivity contribution in [2.24, 2.45) is 4.99 Å². The van der Waals surface area contributed by atoms with E-state index in [-0.39, 0.29) is 31.0 Å². The van der Waals surface area contributed by atoms with Gasteiger partial charge in [0.15, 0.2) is 20.7 Å². The van der Waals surface area contributed by atoms with E-state index >= 15 is 0 Å². The number of aliphatic imine (C=N–C) groups is 1. The number of nitrogens with one attached hydrogen (secondary N) is 1. The van der Waals surface area contributed by atoms with Crippen LogP contribution in [0, 0.1) is 5.82 Å². The lowest BCUT2D eigenvalue weighted by molar-refractivity contribution is -0.142. The van der Waals surface area contributed by atoms with Crippen LogP contribution in [-0.4, -0.2) is 78.4 Å². The van der Waals surface area contributed by atoms with Crippen LogP contribution in [0.2, 0.25) is 0 Å². The van der Waals surface area contributed by atoms with Crippen LogP contribution >= 0.6 is 27.3 Å². The maximum atomic E-state index is 13.9. The number of aromatic nitrogens is 1. The molecule has 2 atom stereocenters. The molecule has 0 bridgehead atoms. The lowest BCUT2D eigenvalue weighted by Crippen LogP contribution is -2.54. The Bertz CT molecular complexity index is 1350. The first-order valence-corrected chi connectivity index (χ1v) is 14.4. The van der Waals surface area contributed by atoms with Gasteiger partial charge >= 0.3 is 11.9 Å². The third kappa shape index (κ3) is 5.66. The van der Waals surface area contributed by atoms with Crippen molar-refractivity contribution in [1.82, 2.24) is 15.2 Å². The van der Waals surface area contributed by atoms with Gasteiger partial charge in [0.2, 0.25) is 0 Å². The number of ether oxygens (including phenoxy) is 1. The first kappa shape index (κ1) is 26.4. The van der Waals surface area contributed by atoms with Crippen molar-refractivity contribution in [2.45, 2.75) is 19.0 Å². The third-order valence-corrected chi connectivity index (χ3v) is 8.80. The molecular weight excluding hydrogens is 579 g/mol. The summed E-state index contributed by atoms with van der Waals surface area (Å²) in [6.07, 6.45) is 1.59. The van der Waals surface area contributed by atoms with Gasteiger partial charge in [-0.3, -0.25) is 14.7 Å². The Balaban J connectivity index is 1.84. The molecule has 4 rings (SSSR count). The van der Waals surface area contributed by atoms with Gasteiger partial charge in [-0.15, -0.1) is 11.3 Å². The van der Waals surface area contributed by atoms with E-state index in [1.807, 2.05) is 0 Å². The van der Waals surface area contributed by atoms with Crippen LogP contribution in [0.1, 0.15) is 23.5 Å². The number of carboxylic acids is 1. The highest BCUT2D eigenvalue weighted by Crippen LogP contribution is 2.37. The van der Waals surface area contributed by atoms with E-state index in [0.717, 1.165) is 0 Å². The zero-order valence-corrected chi connectivity index (χ0v) is 22.2. The molecule has 0 amide bonds. The number of carbonyl (C=O) groups excluding carboxylic acids is 1. The van der Waals surface area contributed by atoms with E-state index in [9.17, 15) is 27.5 Å². The molecule has 1 aromatic carbocycles. The van der Waals surface area contributed by atoms with Gasteiger partial charge < -0.3 is 15.2 Å². The summed E-state index contributed by atoms with van der Waals surface area (Å²) in [6, 6.07) is 1.79. The highest BCUT2D eigenvalue weighted by atomic mass is 79.9. The van der Waals surface area contributed by atoms with E-state index in [4.69, 9.17) is 9.73 Å². The molecule has 3 heterocycles. The number of carbonyl (C=O) groups is 2. The number of esters is 1. The fraction of sp³-hybridized carbons (Fsp3) is 0.364. The molecule has 10 nitrogen and oxygen atoms in total. The van der Waals surface area contributed by atoms with Crippen LogP contribution in [-0.2, 0) is 24.2 Å². The molecule has 0 aliphatic carbocycles. The van der Waals surface area contributed by atoms with E-state index in [0.29, 0.717) is 26.6 Å². The molecule has 0 saturated carbocycles. The Kier molecular flexibility index (Phi) is 7.87. The monoisotopic (exact) mass is 600 g/mol. The number of thiazole rings is 1. The number of hydrogen-bond acceptors (Lipinski definition) is 10. The number of nitrogens with zero attached hydrogens (tertiary/aromatic N) is 3. The minimum atomic E-state index is -3.52. The fourth-order valence-electron chi connectivity index (χ4n) is 4.03. The highest BCUT2D eigenvalue weighted by molar-refractivity contribution is 9.10. The lowest BCUT2D eigenvalue weighted by Gasteiger charge is -2.35. The molecular formula is C22H22BrFN4O6S2. The SMILES string of the molecule is CCOC(=O)C1=C(CN2CCS(=O)(=O)C[C@H]2C(=O)O)NC(c2nccs2)=N[C@H]1c1ccc(F)cc1Br. The summed E-state index contributed by atoms with van der Waals surface area (Å²) in [5.74, 6) is -2.85. The summed E-state index contributed by atoms with van der Waals surface area (Å²) < 4.78 is 43.8. The van der Waals surface area contributed by atoms with Crippen LogP contribution < -0.4 is 5.32 Å². The maximum Gasteiger partial charge on any atom is 0.338 e. The largest absolute Gasteiger partial charge is 0.480 e. The normalized spacial score (nSPS) is 22.0. The van der Waals surface area contributed by atoms with Crippen molar-refractivity contribution >= 4 is 54.9 Å². The topological polar surface area (TPSA) is 138 Å². The zero-order chi connectivity index (χ0) is 26.0. The Morgan fingerprint density at radius 2 is 2.17 bits per heavy atom. The van der Waals surface area contributed by atoms with Crippen molar-refractivity contribution in [2.75, 3.05) is 31.2 Å². The van der Waals surface area contributed by atoms with E-state index in [2.05, 4.69) is 26.2 Å². The summed E-state index contributed by atoms with van der Waals surface area (Å²) in [5, 5.41) is 15.1. The van der Waals surface area contributed by atoms with Crippen molar-refractivity contribution in [3.8, 4) is 0 Å². The van der Waals surface area contributed by atoms with Crippen LogP contribution in [0.25, 0.3) is 0 Å². The van der Waals surface area contributed by atoms with Gasteiger partial charge in [0.1, 0.15) is 17.9 Å². The molecule has 0 spiro atoms. The van der Waals surface area contributed by atoms with Gasteiger partial charge in [0, 0.05) is 34.8 Å². The summed E-state index contributed by atoms with van der Waals surface area (Å²) in [5.41, 5.74) is 0.908. The third-order valence-electron chi connectivity index (χ3n) is 5.70. The van der Waals surface area contributed by atoms with Crippen molar-refractivity contribution in [3.05, 3.63) is 61.9 Å². The van der Waals surface area contributed by atoms with E-state index < -0.39 is 45.4 Å². The molecule has 1 aromatic heterocycles. The lowest BCUT2D eigenvalue weighted by atomic mass is 9.95. The predicted molar refractivity (Wildman–Crippen MR) is 134 cm³/mol. The van der Waals surface area contributed by atoms with Crippen LogP contribution in [0.4, 0.5) is 4.39 Å². The second kappa shape index (κ2) is 10.7. The highest BCUT2D eigenvalue weighted by Gasteiger charge is 2.39. The molecule has 192 valence electrons. The molecule has 2 aliphatic heterocycles. The van der Waals surface area contributed by atoms with Gasteiger partial charge in [-0.2, -0.15) is 0 Å². The fourth-order valence-corrected chi connectivity index (χ4v) is 6.70. The van der Waals surface area contributed by atoms with E-state index in [1.165, 1.54) is 34.4 Å². The molecule has 36 heavy (non-hydrogen) atoms. The summed E-state index contributed by atoms with van der Waals surface area (Å²) >= 11 is 4.66. The molecule has 2 N–H and O–H groups in total. The quantitative estimate of drug-likeness (QED) is 0.457. The number of rotatable bonds is 7. The second-order valence-corrected chi connectivity index (χ2v) is 12.0. The first-order chi connectivity index (χ1) is 17.1.